The Morgan fingerprint density at radius 2 is 0.633 bits per heavy atom. The zero-order chi connectivity index (χ0) is 85.1. The first-order valence-corrected chi connectivity index (χ1v) is 36.7. The summed E-state index contributed by atoms with van der Waals surface area (Å²) < 4.78 is 19.6. The van der Waals surface area contributed by atoms with Gasteiger partial charge in [0.05, 0.1) is 11.1 Å². The van der Waals surface area contributed by atoms with Crippen LogP contribution in [0, 0.1) is 13.8 Å². The van der Waals surface area contributed by atoms with Crippen LogP contribution in [0.3, 0.4) is 0 Å². The number of aryl methyl sites for hydroxylation is 2. The quantitative estimate of drug-likeness (QED) is 0.0442. The van der Waals surface area contributed by atoms with Gasteiger partial charge in [0.1, 0.15) is 17.2 Å². The zero-order valence-electron chi connectivity index (χ0n) is 71.6. The number of carboxylic acid groups (broad SMARTS) is 2. The number of carbonyl (C=O) groups is 6. The van der Waals surface area contributed by atoms with E-state index in [9.17, 15) is 54.3 Å². The molecular weight excluding hydrogens is 1380 g/mol. The number of rotatable bonds is 12. The standard InChI is InChI=1S/2C15H22O3.C15H22O2.C14H22O2.C13H18O3.C11H14O2.C9H10O2/c1-14(2,3)11-7-10(18-9-16)8-12(13(11)17)15(4,5)6;1-14(2,3)10-7-11(15(4,5)6)13(17)12(8-10)18-9-16;1-14(2,3)11-7-12(15(4,5)6)9-13(8-11)17-10-16;1-13(2,3)9-7-10(14(4,5)6)12(16)11(15)8-9;1-8(2)10-5-11(9(3)4)13(15)12(6-10)16-7-14;1-11(2,3)9-6-4-8(5-7-9)10(12)13;1-6-3-7(2)5-8(4-6)9(10)11/h2*7-9,17H,1-6H3;7-10H,1-6H3;7-8,15-16H,1-6H3;5-9,15H,1-4H3;4-7H,1-3H3,(H,12,13);3-5H,1-2H3,(H,10,11). The lowest BCUT2D eigenvalue weighted by Crippen LogP contribution is -2.17. The van der Waals surface area contributed by atoms with Crippen molar-refractivity contribution in [2.24, 2.45) is 0 Å². The number of hydrogen-bond donors (Lipinski definition) is 7. The van der Waals surface area contributed by atoms with Crippen molar-refractivity contribution in [3.8, 4) is 51.7 Å². The second-order valence-electron chi connectivity index (χ2n) is 37.3. The normalized spacial score (nSPS) is 11.8. The highest BCUT2D eigenvalue weighted by atomic mass is 16.5. The number of carbonyl (C=O) groups excluding carboxylic acids is 4. The van der Waals surface area contributed by atoms with Gasteiger partial charge in [0, 0.05) is 27.8 Å². The van der Waals surface area contributed by atoms with Gasteiger partial charge in [-0.2, -0.15) is 0 Å². The molecule has 17 nitrogen and oxygen atoms in total. The summed E-state index contributed by atoms with van der Waals surface area (Å²) in [5.74, 6) is 0.694. The van der Waals surface area contributed by atoms with Gasteiger partial charge >= 0.3 is 11.9 Å². The Hall–Kier alpha value is -9.64. The van der Waals surface area contributed by atoms with Gasteiger partial charge in [0.15, 0.2) is 34.5 Å². The second-order valence-corrected chi connectivity index (χ2v) is 37.3. The third-order valence-electron chi connectivity index (χ3n) is 17.5. The molecule has 7 aromatic rings. The summed E-state index contributed by atoms with van der Waals surface area (Å²) in [4.78, 5) is 62.9. The number of benzene rings is 7. The Kier molecular flexibility index (Phi) is 35.0. The minimum Gasteiger partial charge on any atom is -0.507 e. The molecule has 0 aromatic heterocycles. The molecule has 0 saturated carbocycles. The fourth-order valence-corrected chi connectivity index (χ4v) is 10.6. The van der Waals surface area contributed by atoms with E-state index in [-0.39, 0.29) is 94.9 Å². The lowest BCUT2D eigenvalue weighted by Gasteiger charge is -2.27. The van der Waals surface area contributed by atoms with Crippen LogP contribution in [0.5, 0.6) is 51.7 Å². The molecule has 0 aliphatic rings. The Bertz CT molecular complexity index is 4080. The first-order valence-electron chi connectivity index (χ1n) is 36.7. The van der Waals surface area contributed by atoms with Gasteiger partial charge in [-0.15, -0.1) is 0 Å². The second kappa shape index (κ2) is 39.1. The summed E-state index contributed by atoms with van der Waals surface area (Å²) in [5, 5.41) is 67.4. The number of aromatic carboxylic acids is 2. The van der Waals surface area contributed by atoms with Crippen LogP contribution in [0.2, 0.25) is 0 Å². The first kappa shape index (κ1) is 97.4. The Labute approximate surface area is 651 Å². The van der Waals surface area contributed by atoms with Crippen LogP contribution < -0.4 is 18.9 Å². The fourth-order valence-electron chi connectivity index (χ4n) is 10.6. The third kappa shape index (κ3) is 31.5. The average Bonchev–Trinajstić information content (AvgIpc) is 0.795. The van der Waals surface area contributed by atoms with Crippen molar-refractivity contribution in [2.45, 2.75) is 289 Å². The summed E-state index contributed by atoms with van der Waals surface area (Å²) in [5.41, 5.74) is 12.5. The van der Waals surface area contributed by atoms with Crippen LogP contribution in [-0.2, 0) is 67.9 Å². The molecule has 0 bridgehead atoms. The molecule has 109 heavy (non-hydrogen) atoms. The van der Waals surface area contributed by atoms with Gasteiger partial charge in [-0.05, 0) is 175 Å². The van der Waals surface area contributed by atoms with Crippen molar-refractivity contribution in [1.29, 1.82) is 0 Å². The topological polar surface area (TPSA) is 281 Å². The highest BCUT2D eigenvalue weighted by molar-refractivity contribution is 5.88. The van der Waals surface area contributed by atoms with Crippen LogP contribution in [0.1, 0.15) is 320 Å². The SMILES string of the molecule is CC(C)(C)c1cc(O)c(O)c(C(C)(C)C)c1.CC(C)(C)c1cc(OC=O)c(O)c(C(C)(C)C)c1.CC(C)(C)c1cc(OC=O)cc(C(C)(C)C)c1.CC(C)(C)c1cc(OC=O)cc(C(C)(C)C)c1O.CC(C)(C)c1ccc(C(=O)O)cc1.CC(C)c1cc(OC=O)c(O)c(C(C)C)c1.Cc1cc(C)cc(C(=O)O)c1. The number of aromatic hydroxyl groups is 5. The van der Waals surface area contributed by atoms with Crippen molar-refractivity contribution in [2.75, 3.05) is 0 Å². The molecule has 0 aliphatic carbocycles. The molecule has 7 N–H and O–H groups in total. The maximum atomic E-state index is 10.6. The van der Waals surface area contributed by atoms with Crippen molar-refractivity contribution in [3.63, 3.8) is 0 Å². The molecule has 0 aliphatic heterocycles. The highest BCUT2D eigenvalue weighted by Crippen LogP contribution is 2.45. The predicted molar refractivity (Wildman–Crippen MR) is 440 cm³/mol. The van der Waals surface area contributed by atoms with Crippen molar-refractivity contribution in [1.82, 2.24) is 0 Å². The van der Waals surface area contributed by atoms with Gasteiger partial charge in [-0.1, -0.05) is 268 Å². The van der Waals surface area contributed by atoms with E-state index in [0.717, 1.165) is 61.2 Å². The van der Waals surface area contributed by atoms with Gasteiger partial charge in [0.2, 0.25) is 0 Å². The van der Waals surface area contributed by atoms with Crippen LogP contribution >= 0.6 is 0 Å². The summed E-state index contributed by atoms with van der Waals surface area (Å²) in [6, 6.07) is 32.8. The fraction of sp³-hybridized carbons (Fsp3) is 0.478. The third-order valence-corrected chi connectivity index (χ3v) is 17.5. The molecule has 17 heteroatoms. The molecule has 0 heterocycles. The van der Waals surface area contributed by atoms with Crippen LogP contribution in [0.25, 0.3) is 0 Å². The first-order chi connectivity index (χ1) is 49.3. The molecule has 600 valence electrons. The zero-order valence-corrected chi connectivity index (χ0v) is 71.6. The average molecular weight is 1510 g/mol. The minimum absolute atomic E-state index is 0.000463. The van der Waals surface area contributed by atoms with Crippen molar-refractivity contribution in [3.05, 3.63) is 193 Å². The van der Waals surface area contributed by atoms with Gasteiger partial charge in [-0.25, -0.2) is 9.59 Å². The van der Waals surface area contributed by atoms with E-state index in [4.69, 9.17) is 29.2 Å². The van der Waals surface area contributed by atoms with Crippen LogP contribution in [-0.4, -0.2) is 73.6 Å². The maximum Gasteiger partial charge on any atom is 0.335 e. The Morgan fingerprint density at radius 3 is 0.954 bits per heavy atom. The van der Waals surface area contributed by atoms with E-state index >= 15 is 0 Å². The van der Waals surface area contributed by atoms with Crippen LogP contribution in [0.4, 0.5) is 0 Å². The van der Waals surface area contributed by atoms with Gasteiger partial charge in [0.25, 0.3) is 25.9 Å². The highest BCUT2D eigenvalue weighted by Gasteiger charge is 2.30. The van der Waals surface area contributed by atoms with Gasteiger partial charge in [-0.3, -0.25) is 19.2 Å². The van der Waals surface area contributed by atoms with E-state index in [1.165, 1.54) is 11.1 Å². The number of ether oxygens (including phenoxy) is 4. The lowest BCUT2D eigenvalue weighted by molar-refractivity contribution is -0.121. The molecule has 0 spiro atoms. The van der Waals surface area contributed by atoms with E-state index < -0.39 is 11.9 Å². The maximum absolute atomic E-state index is 10.6. The molecule has 0 fully saturated rings. The molecule has 7 aromatic carbocycles. The number of carboxylic acids is 2. The van der Waals surface area contributed by atoms with Crippen LogP contribution in [0.15, 0.2) is 109 Å². The lowest BCUT2D eigenvalue weighted by atomic mass is 9.79. The largest absolute Gasteiger partial charge is 0.507 e. The number of hydrogen-bond acceptors (Lipinski definition) is 15. The van der Waals surface area contributed by atoms with E-state index in [1.54, 1.807) is 54.6 Å². The summed E-state index contributed by atoms with van der Waals surface area (Å²) in [6.45, 7) is 69.3. The Balaban J connectivity index is 0.000000639. The minimum atomic E-state index is -0.875. The van der Waals surface area contributed by atoms with Crippen molar-refractivity contribution < 1.29 is 83.5 Å². The summed E-state index contributed by atoms with van der Waals surface area (Å²) in [7, 11) is 0. The molecule has 0 saturated heterocycles. The van der Waals surface area contributed by atoms with Gasteiger partial charge < -0.3 is 54.7 Å². The summed E-state index contributed by atoms with van der Waals surface area (Å²) >= 11 is 0. The molecule has 0 unspecified atom stereocenters. The van der Waals surface area contributed by atoms with E-state index in [2.05, 4.69) is 124 Å². The number of phenolic OH excluding ortho intramolecular Hbond substituents is 5. The molecule has 7 rings (SSSR count). The Morgan fingerprint density at radius 1 is 0.312 bits per heavy atom. The molecule has 0 atom stereocenters. The summed E-state index contributed by atoms with van der Waals surface area (Å²) in [6.07, 6.45) is 0. The van der Waals surface area contributed by atoms with Crippen molar-refractivity contribution >= 4 is 37.8 Å². The van der Waals surface area contributed by atoms with E-state index in [1.807, 2.05) is 159 Å². The monoisotopic (exact) mass is 1510 g/mol. The molecule has 0 radical (unpaired) electrons. The smallest absolute Gasteiger partial charge is 0.335 e. The van der Waals surface area contributed by atoms with E-state index in [0.29, 0.717) is 54.4 Å². The predicted octanol–water partition coefficient (Wildman–Crippen LogP) is 22.4. The number of phenols is 5. The molecule has 0 amide bonds. The molecular formula is C92H130O17.